The van der Waals surface area contributed by atoms with Gasteiger partial charge >= 0.3 is 0 Å². The summed E-state index contributed by atoms with van der Waals surface area (Å²) in [6.07, 6.45) is 1.64. The summed E-state index contributed by atoms with van der Waals surface area (Å²) in [5.41, 5.74) is 4.75. The first kappa shape index (κ1) is 8.26. The van der Waals surface area contributed by atoms with Crippen molar-refractivity contribution in [2.24, 2.45) is 11.8 Å². The van der Waals surface area contributed by atoms with E-state index in [9.17, 15) is 4.79 Å². The lowest BCUT2D eigenvalue weighted by Gasteiger charge is -2.04. The maximum absolute atomic E-state index is 11.2. The number of rotatable bonds is 1. The van der Waals surface area contributed by atoms with Crippen molar-refractivity contribution in [3.63, 3.8) is 0 Å². The fourth-order valence-corrected chi connectivity index (χ4v) is 1.86. The SMILES string of the molecule is NNC(=O)C1Cc2ccccc2C1. The van der Waals surface area contributed by atoms with Gasteiger partial charge in [-0.05, 0) is 24.0 Å². The highest BCUT2D eigenvalue weighted by Gasteiger charge is 2.26. The van der Waals surface area contributed by atoms with Crippen LogP contribution in [-0.2, 0) is 17.6 Å². The lowest BCUT2D eigenvalue weighted by molar-refractivity contribution is -0.124. The summed E-state index contributed by atoms with van der Waals surface area (Å²) in [7, 11) is 0. The van der Waals surface area contributed by atoms with Crippen LogP contribution in [0.5, 0.6) is 0 Å². The Morgan fingerprint density at radius 2 is 1.85 bits per heavy atom. The normalized spacial score (nSPS) is 15.5. The molecule has 0 saturated carbocycles. The second-order valence-electron chi connectivity index (χ2n) is 3.38. The highest BCUT2D eigenvalue weighted by atomic mass is 16.2. The summed E-state index contributed by atoms with van der Waals surface area (Å²) in [5.74, 6) is 5.06. The third-order valence-electron chi connectivity index (χ3n) is 2.56. The molecule has 0 aliphatic heterocycles. The molecular formula is C10H12N2O. The van der Waals surface area contributed by atoms with E-state index >= 15 is 0 Å². The first-order valence-electron chi connectivity index (χ1n) is 4.38. The quantitative estimate of drug-likeness (QED) is 0.369. The van der Waals surface area contributed by atoms with Gasteiger partial charge in [0.1, 0.15) is 0 Å². The summed E-state index contributed by atoms with van der Waals surface area (Å²) in [6.45, 7) is 0. The standard InChI is InChI=1S/C10H12N2O/c11-12-10(13)9-5-7-3-1-2-4-8(7)6-9/h1-4,9H,5-6,11H2,(H,12,13). The molecule has 3 nitrogen and oxygen atoms in total. The molecule has 0 fully saturated rings. The molecule has 0 saturated heterocycles. The molecule has 2 rings (SSSR count). The van der Waals surface area contributed by atoms with E-state index in [1.54, 1.807) is 0 Å². The van der Waals surface area contributed by atoms with Gasteiger partial charge in [0.2, 0.25) is 5.91 Å². The maximum Gasteiger partial charge on any atom is 0.237 e. The second-order valence-corrected chi connectivity index (χ2v) is 3.38. The third-order valence-corrected chi connectivity index (χ3v) is 2.56. The third kappa shape index (κ3) is 1.42. The van der Waals surface area contributed by atoms with Crippen LogP contribution in [0, 0.1) is 5.92 Å². The van der Waals surface area contributed by atoms with Gasteiger partial charge in [-0.3, -0.25) is 10.2 Å². The Labute approximate surface area is 76.9 Å². The number of carbonyl (C=O) groups excluding carboxylic acids is 1. The highest BCUT2D eigenvalue weighted by Crippen LogP contribution is 2.26. The monoisotopic (exact) mass is 176 g/mol. The van der Waals surface area contributed by atoms with Crippen LogP contribution in [0.25, 0.3) is 0 Å². The van der Waals surface area contributed by atoms with Gasteiger partial charge in [0, 0.05) is 5.92 Å². The fourth-order valence-electron chi connectivity index (χ4n) is 1.86. The molecular weight excluding hydrogens is 164 g/mol. The van der Waals surface area contributed by atoms with Gasteiger partial charge in [-0.15, -0.1) is 0 Å². The first-order valence-corrected chi connectivity index (χ1v) is 4.38. The van der Waals surface area contributed by atoms with Crippen molar-refractivity contribution in [2.75, 3.05) is 0 Å². The lowest BCUT2D eigenvalue weighted by atomic mass is 10.1. The highest BCUT2D eigenvalue weighted by molar-refractivity contribution is 5.79. The predicted molar refractivity (Wildman–Crippen MR) is 49.7 cm³/mol. The van der Waals surface area contributed by atoms with Gasteiger partial charge in [0.05, 0.1) is 0 Å². The summed E-state index contributed by atoms with van der Waals surface area (Å²) in [5, 5.41) is 0. The summed E-state index contributed by atoms with van der Waals surface area (Å²) >= 11 is 0. The van der Waals surface area contributed by atoms with E-state index in [2.05, 4.69) is 17.6 Å². The molecule has 68 valence electrons. The second kappa shape index (κ2) is 3.18. The molecule has 1 aliphatic carbocycles. The van der Waals surface area contributed by atoms with Crippen LogP contribution in [0.1, 0.15) is 11.1 Å². The average Bonchev–Trinajstić information content (AvgIpc) is 2.59. The first-order chi connectivity index (χ1) is 6.31. The molecule has 1 aromatic carbocycles. The van der Waals surface area contributed by atoms with Crippen molar-refractivity contribution >= 4 is 5.91 Å². The smallest absolute Gasteiger partial charge is 0.237 e. The van der Waals surface area contributed by atoms with Crippen molar-refractivity contribution in [1.29, 1.82) is 0 Å². The number of hydrogen-bond acceptors (Lipinski definition) is 2. The van der Waals surface area contributed by atoms with Gasteiger partial charge in [0.25, 0.3) is 0 Å². The molecule has 3 heteroatoms. The fraction of sp³-hybridized carbons (Fsp3) is 0.300. The zero-order chi connectivity index (χ0) is 9.26. The molecule has 1 aliphatic rings. The number of amides is 1. The molecule has 0 radical (unpaired) electrons. The molecule has 3 N–H and O–H groups in total. The number of nitrogens with two attached hydrogens (primary N) is 1. The van der Waals surface area contributed by atoms with E-state index in [1.807, 2.05) is 12.1 Å². The number of nitrogens with one attached hydrogen (secondary N) is 1. The Morgan fingerprint density at radius 1 is 1.31 bits per heavy atom. The van der Waals surface area contributed by atoms with Gasteiger partial charge in [-0.25, -0.2) is 5.84 Å². The van der Waals surface area contributed by atoms with E-state index in [1.165, 1.54) is 11.1 Å². The molecule has 0 bridgehead atoms. The maximum atomic E-state index is 11.2. The summed E-state index contributed by atoms with van der Waals surface area (Å²) < 4.78 is 0. The molecule has 0 atom stereocenters. The Morgan fingerprint density at radius 3 is 2.31 bits per heavy atom. The van der Waals surface area contributed by atoms with E-state index in [0.717, 1.165) is 12.8 Å². The van der Waals surface area contributed by atoms with Crippen molar-refractivity contribution in [3.8, 4) is 0 Å². The zero-order valence-electron chi connectivity index (χ0n) is 7.29. The predicted octanol–water partition coefficient (Wildman–Crippen LogP) is 0.391. The van der Waals surface area contributed by atoms with Crippen LogP contribution in [0.2, 0.25) is 0 Å². The van der Waals surface area contributed by atoms with E-state index in [4.69, 9.17) is 5.84 Å². The van der Waals surface area contributed by atoms with Gasteiger partial charge in [-0.1, -0.05) is 24.3 Å². The Bertz CT molecular complexity index is 310. The summed E-state index contributed by atoms with van der Waals surface area (Å²) in [6, 6.07) is 8.14. The van der Waals surface area contributed by atoms with Crippen LogP contribution in [0.15, 0.2) is 24.3 Å². The van der Waals surface area contributed by atoms with Crippen LogP contribution in [-0.4, -0.2) is 5.91 Å². The van der Waals surface area contributed by atoms with Crippen LogP contribution in [0.3, 0.4) is 0 Å². The molecule has 0 aromatic heterocycles. The van der Waals surface area contributed by atoms with Crippen molar-refractivity contribution in [2.45, 2.75) is 12.8 Å². The van der Waals surface area contributed by atoms with E-state index in [-0.39, 0.29) is 11.8 Å². The Hall–Kier alpha value is -1.35. The van der Waals surface area contributed by atoms with Crippen LogP contribution >= 0.6 is 0 Å². The van der Waals surface area contributed by atoms with Crippen molar-refractivity contribution < 1.29 is 4.79 Å². The van der Waals surface area contributed by atoms with E-state index < -0.39 is 0 Å². The Balaban J connectivity index is 2.18. The van der Waals surface area contributed by atoms with E-state index in [0.29, 0.717) is 0 Å². The molecule has 0 spiro atoms. The molecule has 1 aromatic rings. The average molecular weight is 176 g/mol. The van der Waals surface area contributed by atoms with Crippen LogP contribution in [0.4, 0.5) is 0 Å². The summed E-state index contributed by atoms with van der Waals surface area (Å²) in [4.78, 5) is 11.2. The molecule has 0 heterocycles. The van der Waals surface area contributed by atoms with Gasteiger partial charge in [0.15, 0.2) is 0 Å². The minimum atomic E-state index is -0.0591. The largest absolute Gasteiger partial charge is 0.294 e. The number of hydrazine groups is 1. The molecule has 0 unspecified atom stereocenters. The molecule has 13 heavy (non-hydrogen) atoms. The topological polar surface area (TPSA) is 55.1 Å². The number of hydrogen-bond donors (Lipinski definition) is 2. The number of benzene rings is 1. The zero-order valence-corrected chi connectivity index (χ0v) is 7.29. The minimum Gasteiger partial charge on any atom is -0.294 e. The van der Waals surface area contributed by atoms with Gasteiger partial charge < -0.3 is 0 Å². The minimum absolute atomic E-state index is 0.0300. The van der Waals surface area contributed by atoms with Crippen LogP contribution < -0.4 is 11.3 Å². The lowest BCUT2D eigenvalue weighted by Crippen LogP contribution is -2.36. The van der Waals surface area contributed by atoms with Crippen molar-refractivity contribution in [3.05, 3.63) is 35.4 Å². The number of fused-ring (bicyclic) bond motifs is 1. The van der Waals surface area contributed by atoms with Crippen molar-refractivity contribution in [1.82, 2.24) is 5.43 Å². The van der Waals surface area contributed by atoms with Gasteiger partial charge in [-0.2, -0.15) is 0 Å². The molecule has 1 amide bonds. The number of carbonyl (C=O) groups is 1. The Kier molecular flexibility index (Phi) is 2.02.